The average molecular weight is 225 g/mol. The molecule has 0 unspecified atom stereocenters. The minimum atomic E-state index is -2.97. The summed E-state index contributed by atoms with van der Waals surface area (Å²) in [5, 5.41) is 17.6. The summed E-state index contributed by atoms with van der Waals surface area (Å²) in [4.78, 5) is 10.8. The van der Waals surface area contributed by atoms with E-state index in [2.05, 4.69) is 0 Å². The average Bonchev–Trinajstić information content (AvgIpc) is 2.26. The van der Waals surface area contributed by atoms with Crippen LogP contribution in [-0.4, -0.2) is 11.1 Å². The molecule has 0 atom stereocenters. The zero-order chi connectivity index (χ0) is 12.3. The van der Waals surface area contributed by atoms with Crippen LogP contribution in [0.3, 0.4) is 0 Å². The zero-order valence-corrected chi connectivity index (χ0v) is 8.50. The molecular weight excluding hydrogens is 216 g/mol. The first-order valence-corrected chi connectivity index (χ1v) is 4.60. The van der Waals surface area contributed by atoms with Gasteiger partial charge in [0.25, 0.3) is 6.43 Å². The Hall–Kier alpha value is -1.96. The molecule has 0 spiro atoms. The Morgan fingerprint density at radius 2 is 2.19 bits per heavy atom. The fourth-order valence-corrected chi connectivity index (χ4v) is 1.50. The third-order valence-electron chi connectivity index (χ3n) is 2.27. The molecule has 84 valence electrons. The molecule has 0 aliphatic carbocycles. The predicted octanol–water partition coefficient (Wildman–Crippen LogP) is 2.76. The largest absolute Gasteiger partial charge is 0.478 e. The second-order valence-electron chi connectivity index (χ2n) is 3.13. The number of nitrogens with zero attached hydrogens (tertiary/aromatic N) is 1. The van der Waals surface area contributed by atoms with Gasteiger partial charge in [-0.15, -0.1) is 0 Å². The molecule has 1 rings (SSSR count). The van der Waals surface area contributed by atoms with Gasteiger partial charge in [-0.1, -0.05) is 13.0 Å². The van der Waals surface area contributed by atoms with E-state index < -0.39 is 23.5 Å². The van der Waals surface area contributed by atoms with Crippen molar-refractivity contribution in [1.82, 2.24) is 0 Å². The molecule has 0 saturated heterocycles. The number of carboxylic acids is 1. The third kappa shape index (κ3) is 2.01. The molecular formula is C11H9F2NO2. The van der Waals surface area contributed by atoms with E-state index in [-0.39, 0.29) is 5.56 Å². The van der Waals surface area contributed by atoms with Gasteiger partial charge in [0.1, 0.15) is 0 Å². The summed E-state index contributed by atoms with van der Waals surface area (Å²) in [7, 11) is 0. The SMILES string of the molecule is CCc1ccc(C(=O)O)c(C(F)F)c1C#N. The molecule has 0 heterocycles. The Labute approximate surface area is 90.9 Å². The van der Waals surface area contributed by atoms with Crippen LogP contribution >= 0.6 is 0 Å². The summed E-state index contributed by atoms with van der Waals surface area (Å²) in [5.74, 6) is -1.45. The van der Waals surface area contributed by atoms with E-state index in [0.717, 1.165) is 6.07 Å². The molecule has 0 bridgehead atoms. The topological polar surface area (TPSA) is 61.1 Å². The smallest absolute Gasteiger partial charge is 0.336 e. The molecule has 0 aliphatic rings. The van der Waals surface area contributed by atoms with Gasteiger partial charge in [0.2, 0.25) is 0 Å². The highest BCUT2D eigenvalue weighted by Crippen LogP contribution is 2.29. The lowest BCUT2D eigenvalue weighted by Crippen LogP contribution is -2.07. The molecule has 1 aromatic rings. The van der Waals surface area contributed by atoms with Crippen LogP contribution in [0.1, 0.15) is 40.4 Å². The molecule has 0 radical (unpaired) electrons. The first-order chi connectivity index (χ1) is 7.52. The summed E-state index contributed by atoms with van der Waals surface area (Å²) < 4.78 is 25.5. The maximum absolute atomic E-state index is 12.7. The Balaban J connectivity index is 3.58. The van der Waals surface area contributed by atoms with Crippen molar-refractivity contribution in [1.29, 1.82) is 5.26 Å². The van der Waals surface area contributed by atoms with Crippen LogP contribution in [0.5, 0.6) is 0 Å². The standard InChI is InChI=1S/C11H9F2NO2/c1-2-6-3-4-7(11(15)16)9(10(12)13)8(6)5-14/h3-4,10H,2H2,1H3,(H,15,16). The lowest BCUT2D eigenvalue weighted by atomic mass is 9.95. The van der Waals surface area contributed by atoms with Crippen LogP contribution < -0.4 is 0 Å². The number of hydrogen-bond acceptors (Lipinski definition) is 2. The highest BCUT2D eigenvalue weighted by molar-refractivity contribution is 5.90. The second-order valence-corrected chi connectivity index (χ2v) is 3.13. The van der Waals surface area contributed by atoms with Crippen molar-refractivity contribution < 1.29 is 18.7 Å². The van der Waals surface area contributed by atoms with E-state index in [1.165, 1.54) is 6.07 Å². The Kier molecular flexibility index (Phi) is 3.56. The molecule has 0 saturated carbocycles. The van der Waals surface area contributed by atoms with Crippen LogP contribution in [0.15, 0.2) is 12.1 Å². The molecule has 0 amide bonds. The summed E-state index contributed by atoms with van der Waals surface area (Å²) in [6.45, 7) is 1.71. The van der Waals surface area contributed by atoms with E-state index in [1.54, 1.807) is 13.0 Å². The first-order valence-electron chi connectivity index (χ1n) is 4.60. The molecule has 3 nitrogen and oxygen atoms in total. The van der Waals surface area contributed by atoms with Crippen LogP contribution in [-0.2, 0) is 6.42 Å². The highest BCUT2D eigenvalue weighted by Gasteiger charge is 2.23. The molecule has 5 heteroatoms. The van der Waals surface area contributed by atoms with E-state index in [1.807, 2.05) is 0 Å². The van der Waals surface area contributed by atoms with Crippen LogP contribution in [0.4, 0.5) is 8.78 Å². The van der Waals surface area contributed by atoms with Gasteiger partial charge in [0.15, 0.2) is 0 Å². The van der Waals surface area contributed by atoms with Crippen molar-refractivity contribution in [3.63, 3.8) is 0 Å². The number of hydrogen-bond donors (Lipinski definition) is 1. The fourth-order valence-electron chi connectivity index (χ4n) is 1.50. The summed E-state index contributed by atoms with van der Waals surface area (Å²) in [6.07, 6.45) is -2.56. The second kappa shape index (κ2) is 4.71. The van der Waals surface area contributed by atoms with Gasteiger partial charge in [0, 0.05) is 0 Å². The number of alkyl halides is 2. The normalized spacial score (nSPS) is 10.2. The van der Waals surface area contributed by atoms with Gasteiger partial charge in [-0.25, -0.2) is 13.6 Å². The predicted molar refractivity (Wildman–Crippen MR) is 52.5 cm³/mol. The minimum Gasteiger partial charge on any atom is -0.478 e. The summed E-state index contributed by atoms with van der Waals surface area (Å²) >= 11 is 0. The van der Waals surface area contributed by atoms with Gasteiger partial charge < -0.3 is 5.11 Å². The van der Waals surface area contributed by atoms with Crippen molar-refractivity contribution in [2.24, 2.45) is 0 Å². The van der Waals surface area contributed by atoms with Crippen LogP contribution in [0.2, 0.25) is 0 Å². The van der Waals surface area contributed by atoms with Gasteiger partial charge >= 0.3 is 5.97 Å². The Bertz CT molecular complexity index is 464. The van der Waals surface area contributed by atoms with Crippen LogP contribution in [0, 0.1) is 11.3 Å². The molecule has 0 aliphatic heterocycles. The lowest BCUT2D eigenvalue weighted by Gasteiger charge is -2.10. The number of rotatable bonds is 3. The zero-order valence-electron chi connectivity index (χ0n) is 8.50. The first kappa shape index (κ1) is 12.1. The monoisotopic (exact) mass is 225 g/mol. The third-order valence-corrected chi connectivity index (χ3v) is 2.27. The van der Waals surface area contributed by atoms with Gasteiger partial charge in [-0.2, -0.15) is 5.26 Å². The maximum atomic E-state index is 12.7. The Morgan fingerprint density at radius 3 is 2.56 bits per heavy atom. The number of aryl methyl sites for hydroxylation is 1. The number of aromatic carboxylic acids is 1. The number of carboxylic acid groups (broad SMARTS) is 1. The quantitative estimate of drug-likeness (QED) is 0.860. The fraction of sp³-hybridized carbons (Fsp3) is 0.273. The van der Waals surface area contributed by atoms with Crippen molar-refractivity contribution in [3.8, 4) is 6.07 Å². The van der Waals surface area contributed by atoms with Gasteiger partial charge in [-0.3, -0.25) is 0 Å². The Morgan fingerprint density at radius 1 is 1.56 bits per heavy atom. The van der Waals surface area contributed by atoms with Crippen LogP contribution in [0.25, 0.3) is 0 Å². The number of nitriles is 1. The van der Waals surface area contributed by atoms with Gasteiger partial charge in [-0.05, 0) is 18.1 Å². The molecule has 16 heavy (non-hydrogen) atoms. The van der Waals surface area contributed by atoms with E-state index >= 15 is 0 Å². The number of halogens is 2. The van der Waals surface area contributed by atoms with Crippen molar-refractivity contribution in [2.45, 2.75) is 19.8 Å². The maximum Gasteiger partial charge on any atom is 0.336 e. The van der Waals surface area contributed by atoms with Gasteiger partial charge in [0.05, 0.1) is 22.8 Å². The van der Waals surface area contributed by atoms with E-state index in [4.69, 9.17) is 10.4 Å². The molecule has 1 aromatic carbocycles. The highest BCUT2D eigenvalue weighted by atomic mass is 19.3. The number of benzene rings is 1. The van der Waals surface area contributed by atoms with Crippen molar-refractivity contribution in [3.05, 3.63) is 34.4 Å². The minimum absolute atomic E-state index is 0.225. The number of carbonyl (C=O) groups is 1. The molecule has 0 aromatic heterocycles. The summed E-state index contributed by atoms with van der Waals surface area (Å²) in [6, 6.07) is 4.16. The van der Waals surface area contributed by atoms with E-state index in [0.29, 0.717) is 12.0 Å². The van der Waals surface area contributed by atoms with Crippen molar-refractivity contribution >= 4 is 5.97 Å². The van der Waals surface area contributed by atoms with Crippen molar-refractivity contribution in [2.75, 3.05) is 0 Å². The lowest BCUT2D eigenvalue weighted by molar-refractivity contribution is 0.0684. The summed E-state index contributed by atoms with van der Waals surface area (Å²) in [5.41, 5.74) is -0.988. The molecule has 1 N–H and O–H groups in total. The molecule has 0 fully saturated rings. The van der Waals surface area contributed by atoms with E-state index in [9.17, 15) is 13.6 Å².